The maximum Gasteiger partial charge on any atom is 0.311 e. The van der Waals surface area contributed by atoms with E-state index in [1.165, 1.54) is 51.4 Å². The maximum absolute atomic E-state index is 12.2. The van der Waals surface area contributed by atoms with E-state index in [-0.39, 0.29) is 19.0 Å². The van der Waals surface area contributed by atoms with Gasteiger partial charge in [-0.3, -0.25) is 4.79 Å². The van der Waals surface area contributed by atoms with Crippen molar-refractivity contribution >= 4 is 5.97 Å². The molecule has 0 spiro atoms. The third kappa shape index (κ3) is 10.5. The zero-order valence-electron chi connectivity index (χ0n) is 19.0. The van der Waals surface area contributed by atoms with E-state index in [9.17, 15) is 9.90 Å². The molecule has 0 amide bonds. The van der Waals surface area contributed by atoms with Gasteiger partial charge in [-0.15, -0.1) is 0 Å². The van der Waals surface area contributed by atoms with E-state index in [1.54, 1.807) is 24.3 Å². The molecule has 0 aliphatic carbocycles. The lowest BCUT2D eigenvalue weighted by atomic mass is 10.1. The highest BCUT2D eigenvalue weighted by molar-refractivity contribution is 5.72. The van der Waals surface area contributed by atoms with Crippen molar-refractivity contribution in [3.8, 4) is 11.5 Å². The molecule has 0 aromatic heterocycles. The lowest BCUT2D eigenvalue weighted by Crippen LogP contribution is -2.10. The van der Waals surface area contributed by atoms with Gasteiger partial charge in [0.25, 0.3) is 0 Å². The second-order valence-corrected chi connectivity index (χ2v) is 8.06. The third-order valence-corrected chi connectivity index (χ3v) is 5.39. The molecule has 0 heterocycles. The number of hydrogen-bond donors (Lipinski definition) is 1. The summed E-state index contributed by atoms with van der Waals surface area (Å²) in [5.41, 5.74) is 1.75. The van der Waals surface area contributed by atoms with Crippen LogP contribution in [0.15, 0.2) is 48.5 Å². The number of rotatable bonds is 16. The van der Waals surface area contributed by atoms with Gasteiger partial charge in [-0.25, -0.2) is 0 Å². The Balaban J connectivity index is 1.66. The number of ether oxygens (including phenoxy) is 2. The molecule has 2 aromatic carbocycles. The van der Waals surface area contributed by atoms with Crippen LogP contribution < -0.4 is 9.47 Å². The Hall–Kier alpha value is -2.33. The molecule has 4 heteroatoms. The van der Waals surface area contributed by atoms with E-state index >= 15 is 0 Å². The van der Waals surface area contributed by atoms with Crippen LogP contribution in [-0.4, -0.2) is 17.7 Å². The van der Waals surface area contributed by atoms with Crippen molar-refractivity contribution in [3.63, 3.8) is 0 Å². The first-order valence-corrected chi connectivity index (χ1v) is 11.8. The third-order valence-electron chi connectivity index (χ3n) is 5.39. The minimum absolute atomic E-state index is 0.0743. The first-order chi connectivity index (χ1) is 15.2. The highest BCUT2D eigenvalue weighted by Gasteiger charge is 2.09. The summed E-state index contributed by atoms with van der Waals surface area (Å²) in [6.45, 7) is 2.89. The Morgan fingerprint density at radius 2 is 1.58 bits per heavy atom. The van der Waals surface area contributed by atoms with Crippen LogP contribution in [0.1, 0.15) is 82.3 Å². The fourth-order valence-corrected chi connectivity index (χ4v) is 3.57. The van der Waals surface area contributed by atoms with Gasteiger partial charge in [-0.2, -0.15) is 0 Å². The number of esters is 1. The largest absolute Gasteiger partial charge is 0.493 e. The number of aliphatic hydroxyl groups excluding tert-OH is 1. The van der Waals surface area contributed by atoms with Gasteiger partial charge >= 0.3 is 5.97 Å². The van der Waals surface area contributed by atoms with Crippen molar-refractivity contribution in [2.24, 2.45) is 0 Å². The van der Waals surface area contributed by atoms with Gasteiger partial charge in [-0.05, 0) is 42.2 Å². The lowest BCUT2D eigenvalue weighted by Gasteiger charge is -2.11. The lowest BCUT2D eigenvalue weighted by molar-refractivity contribution is -0.134. The number of para-hydroxylation sites is 1. The molecule has 0 saturated heterocycles. The van der Waals surface area contributed by atoms with Crippen LogP contribution in [0.3, 0.4) is 0 Å². The number of carbonyl (C=O) groups excluding carboxylic acids is 1. The van der Waals surface area contributed by atoms with E-state index in [4.69, 9.17) is 9.47 Å². The average Bonchev–Trinajstić information content (AvgIpc) is 2.79. The Morgan fingerprint density at radius 1 is 0.871 bits per heavy atom. The predicted octanol–water partition coefficient (Wildman–Crippen LogP) is 6.63. The number of benzene rings is 2. The summed E-state index contributed by atoms with van der Waals surface area (Å²) in [6, 6.07) is 14.9. The number of aliphatic hydroxyl groups is 1. The van der Waals surface area contributed by atoms with Crippen LogP contribution >= 0.6 is 0 Å². The fourth-order valence-electron chi connectivity index (χ4n) is 3.57. The molecule has 0 unspecified atom stereocenters. The standard InChI is InChI=1S/C27H38O4/c1-2-3-4-5-6-7-8-9-12-20-30-26-17-11-10-15-24(26)18-19-27(29)31-25-16-13-14-23(21-25)22-28/h10-11,13-17,21,28H,2-9,12,18-20,22H2,1H3. The van der Waals surface area contributed by atoms with Gasteiger partial charge in [0.05, 0.1) is 19.6 Å². The first-order valence-electron chi connectivity index (χ1n) is 11.8. The van der Waals surface area contributed by atoms with Crippen molar-refractivity contribution < 1.29 is 19.4 Å². The minimum Gasteiger partial charge on any atom is -0.493 e. The normalized spacial score (nSPS) is 10.8. The van der Waals surface area contributed by atoms with Gasteiger partial charge in [-0.1, -0.05) is 88.6 Å². The number of carbonyl (C=O) groups is 1. The molecule has 4 nitrogen and oxygen atoms in total. The molecule has 31 heavy (non-hydrogen) atoms. The van der Waals surface area contributed by atoms with Crippen molar-refractivity contribution in [1.29, 1.82) is 0 Å². The monoisotopic (exact) mass is 426 g/mol. The zero-order valence-corrected chi connectivity index (χ0v) is 19.0. The second-order valence-electron chi connectivity index (χ2n) is 8.06. The molecular formula is C27H38O4. The van der Waals surface area contributed by atoms with Crippen molar-refractivity contribution in [3.05, 3.63) is 59.7 Å². The summed E-state index contributed by atoms with van der Waals surface area (Å²) >= 11 is 0. The second kappa shape index (κ2) is 15.5. The van der Waals surface area contributed by atoms with E-state index in [0.29, 0.717) is 18.8 Å². The molecule has 2 aromatic rings. The average molecular weight is 427 g/mol. The molecule has 0 radical (unpaired) electrons. The molecule has 0 saturated carbocycles. The highest BCUT2D eigenvalue weighted by atomic mass is 16.5. The summed E-state index contributed by atoms with van der Waals surface area (Å²) < 4.78 is 11.4. The van der Waals surface area contributed by atoms with Gasteiger partial charge in [0.2, 0.25) is 0 Å². The van der Waals surface area contributed by atoms with Crippen LogP contribution in [-0.2, 0) is 17.8 Å². The Morgan fingerprint density at radius 3 is 2.32 bits per heavy atom. The smallest absolute Gasteiger partial charge is 0.311 e. The van der Waals surface area contributed by atoms with Gasteiger partial charge < -0.3 is 14.6 Å². The highest BCUT2D eigenvalue weighted by Crippen LogP contribution is 2.21. The molecule has 1 N–H and O–H groups in total. The van der Waals surface area contributed by atoms with Gasteiger partial charge in [0.1, 0.15) is 11.5 Å². The van der Waals surface area contributed by atoms with E-state index in [1.807, 2.05) is 24.3 Å². The number of hydrogen-bond acceptors (Lipinski definition) is 4. The van der Waals surface area contributed by atoms with Crippen molar-refractivity contribution in [2.45, 2.75) is 84.2 Å². The molecule has 0 atom stereocenters. The predicted molar refractivity (Wildman–Crippen MR) is 125 cm³/mol. The molecule has 2 rings (SSSR count). The first kappa shape index (κ1) is 24.9. The zero-order chi connectivity index (χ0) is 22.2. The van der Waals surface area contributed by atoms with Crippen LogP contribution in [0.4, 0.5) is 0 Å². The Bertz CT molecular complexity index is 756. The van der Waals surface area contributed by atoms with Crippen LogP contribution in [0.2, 0.25) is 0 Å². The van der Waals surface area contributed by atoms with Crippen LogP contribution in [0.25, 0.3) is 0 Å². The molecule has 0 aliphatic heterocycles. The number of aryl methyl sites for hydroxylation is 1. The Labute approximate surface area is 187 Å². The fraction of sp³-hybridized carbons (Fsp3) is 0.519. The molecule has 0 aliphatic rings. The number of unbranched alkanes of at least 4 members (excludes halogenated alkanes) is 8. The molecule has 0 fully saturated rings. The minimum atomic E-state index is -0.288. The summed E-state index contributed by atoms with van der Waals surface area (Å²) in [4.78, 5) is 12.2. The van der Waals surface area contributed by atoms with Gasteiger partial charge in [0.15, 0.2) is 0 Å². The quantitative estimate of drug-likeness (QED) is 0.186. The maximum atomic E-state index is 12.2. The molecule has 0 bridgehead atoms. The summed E-state index contributed by atoms with van der Waals surface area (Å²) in [5.74, 6) is 1.03. The van der Waals surface area contributed by atoms with Crippen LogP contribution in [0, 0.1) is 0 Å². The van der Waals surface area contributed by atoms with Crippen molar-refractivity contribution in [1.82, 2.24) is 0 Å². The van der Waals surface area contributed by atoms with E-state index in [0.717, 1.165) is 23.3 Å². The van der Waals surface area contributed by atoms with E-state index < -0.39 is 0 Å². The van der Waals surface area contributed by atoms with E-state index in [2.05, 4.69) is 6.92 Å². The van der Waals surface area contributed by atoms with Crippen LogP contribution in [0.5, 0.6) is 11.5 Å². The molecule has 170 valence electrons. The SMILES string of the molecule is CCCCCCCCCCCOc1ccccc1CCC(=O)Oc1cccc(CO)c1. The summed E-state index contributed by atoms with van der Waals surface area (Å²) in [7, 11) is 0. The topological polar surface area (TPSA) is 55.8 Å². The molecular weight excluding hydrogens is 388 g/mol. The van der Waals surface area contributed by atoms with Crippen molar-refractivity contribution in [2.75, 3.05) is 6.61 Å². The Kier molecular flexibility index (Phi) is 12.4. The summed E-state index contributed by atoms with van der Waals surface area (Å²) in [5, 5.41) is 9.20. The van der Waals surface area contributed by atoms with Gasteiger partial charge in [0, 0.05) is 0 Å². The summed E-state index contributed by atoms with van der Waals surface area (Å²) in [6.07, 6.45) is 12.5.